The first-order chi connectivity index (χ1) is 6.80. The van der Waals surface area contributed by atoms with Crippen molar-refractivity contribution >= 4 is 0 Å². The number of hydrogen-bond acceptors (Lipinski definition) is 2. The van der Waals surface area contributed by atoms with Gasteiger partial charge in [0.1, 0.15) is 0 Å². The molecule has 0 aromatic rings. The fourth-order valence-electron chi connectivity index (χ4n) is 3.42. The first-order valence-electron chi connectivity index (χ1n) is 6.18. The maximum atomic E-state index is 5.58. The molecule has 3 unspecified atom stereocenters. The predicted octanol–water partition coefficient (Wildman–Crippen LogP) is 2.09. The third-order valence-electron chi connectivity index (χ3n) is 4.58. The normalized spacial score (nSPS) is 44.8. The molecular formula is C12H21NO. The van der Waals surface area contributed by atoms with E-state index in [9.17, 15) is 0 Å². The van der Waals surface area contributed by atoms with Gasteiger partial charge in [0.25, 0.3) is 0 Å². The molecule has 3 fully saturated rings. The first-order valence-corrected chi connectivity index (χ1v) is 6.18. The van der Waals surface area contributed by atoms with E-state index < -0.39 is 0 Å². The van der Waals surface area contributed by atoms with E-state index in [4.69, 9.17) is 4.74 Å². The van der Waals surface area contributed by atoms with E-state index in [0.29, 0.717) is 12.1 Å². The predicted molar refractivity (Wildman–Crippen MR) is 56.3 cm³/mol. The Labute approximate surface area is 86.4 Å². The van der Waals surface area contributed by atoms with Crippen LogP contribution in [0.15, 0.2) is 0 Å². The molecule has 3 atom stereocenters. The highest BCUT2D eigenvalue weighted by Gasteiger charge is 2.55. The van der Waals surface area contributed by atoms with Crippen molar-refractivity contribution < 1.29 is 4.74 Å². The molecule has 1 N–H and O–H groups in total. The van der Waals surface area contributed by atoms with E-state index in [2.05, 4.69) is 12.2 Å². The van der Waals surface area contributed by atoms with Crippen LogP contribution in [-0.4, -0.2) is 24.8 Å². The lowest BCUT2D eigenvalue weighted by Gasteiger charge is -2.18. The molecular weight excluding hydrogens is 174 g/mol. The van der Waals surface area contributed by atoms with Gasteiger partial charge in [-0.15, -0.1) is 0 Å². The number of rotatable bonds is 2. The second-order valence-corrected chi connectivity index (χ2v) is 5.46. The Bertz CT molecular complexity index is 222. The zero-order chi connectivity index (χ0) is 9.60. The van der Waals surface area contributed by atoms with E-state index in [-0.39, 0.29) is 0 Å². The number of hydrogen-bond donors (Lipinski definition) is 1. The molecule has 1 spiro atoms. The van der Waals surface area contributed by atoms with Crippen molar-refractivity contribution in [3.8, 4) is 0 Å². The Morgan fingerprint density at radius 2 is 2.07 bits per heavy atom. The molecule has 3 rings (SSSR count). The van der Waals surface area contributed by atoms with Crippen molar-refractivity contribution in [1.29, 1.82) is 0 Å². The summed E-state index contributed by atoms with van der Waals surface area (Å²) < 4.78 is 5.58. The molecule has 1 aliphatic heterocycles. The monoisotopic (exact) mass is 195 g/mol. The summed E-state index contributed by atoms with van der Waals surface area (Å²) >= 11 is 0. The second kappa shape index (κ2) is 3.21. The molecule has 0 bridgehead atoms. The van der Waals surface area contributed by atoms with Crippen molar-refractivity contribution in [1.82, 2.24) is 5.32 Å². The molecule has 1 heterocycles. The molecule has 0 aromatic heterocycles. The van der Waals surface area contributed by atoms with Crippen LogP contribution < -0.4 is 5.32 Å². The van der Waals surface area contributed by atoms with Crippen LogP contribution in [0.5, 0.6) is 0 Å². The van der Waals surface area contributed by atoms with Crippen LogP contribution in [-0.2, 0) is 4.74 Å². The minimum absolute atomic E-state index is 0.439. The van der Waals surface area contributed by atoms with Crippen molar-refractivity contribution in [3.05, 3.63) is 0 Å². The summed E-state index contributed by atoms with van der Waals surface area (Å²) in [6, 6.07) is 1.47. The van der Waals surface area contributed by atoms with Gasteiger partial charge < -0.3 is 10.1 Å². The lowest BCUT2D eigenvalue weighted by molar-refractivity contribution is 0.112. The summed E-state index contributed by atoms with van der Waals surface area (Å²) in [5.74, 6) is 0. The molecule has 2 heteroatoms. The van der Waals surface area contributed by atoms with Gasteiger partial charge in [0.05, 0.1) is 6.10 Å². The van der Waals surface area contributed by atoms with Gasteiger partial charge in [0, 0.05) is 18.7 Å². The fraction of sp³-hybridized carbons (Fsp3) is 1.00. The Morgan fingerprint density at radius 3 is 2.71 bits per heavy atom. The van der Waals surface area contributed by atoms with E-state index in [0.717, 1.165) is 18.1 Å². The van der Waals surface area contributed by atoms with Gasteiger partial charge in [-0.3, -0.25) is 0 Å². The van der Waals surface area contributed by atoms with Gasteiger partial charge in [0.2, 0.25) is 0 Å². The average Bonchev–Trinajstić information content (AvgIpc) is 2.50. The highest BCUT2D eigenvalue weighted by molar-refractivity contribution is 5.11. The number of ether oxygens (including phenoxy) is 1. The lowest BCUT2D eigenvalue weighted by Crippen LogP contribution is -2.38. The summed E-state index contributed by atoms with van der Waals surface area (Å²) in [4.78, 5) is 0. The summed E-state index contributed by atoms with van der Waals surface area (Å²) in [5.41, 5.74) is 0.738. The summed E-state index contributed by atoms with van der Waals surface area (Å²) in [7, 11) is 0. The molecule has 0 amide bonds. The Kier molecular flexibility index (Phi) is 2.10. The minimum Gasteiger partial charge on any atom is -0.377 e. The summed E-state index contributed by atoms with van der Waals surface area (Å²) in [5, 5.41) is 3.81. The van der Waals surface area contributed by atoms with Crippen LogP contribution in [0.25, 0.3) is 0 Å². The molecule has 0 aromatic carbocycles. The van der Waals surface area contributed by atoms with Crippen molar-refractivity contribution in [2.75, 3.05) is 6.61 Å². The highest BCUT2D eigenvalue weighted by Crippen LogP contribution is 2.58. The van der Waals surface area contributed by atoms with Gasteiger partial charge in [0.15, 0.2) is 0 Å². The average molecular weight is 195 g/mol. The van der Waals surface area contributed by atoms with Crippen LogP contribution in [0.4, 0.5) is 0 Å². The quantitative estimate of drug-likeness (QED) is 0.728. The third-order valence-corrected chi connectivity index (χ3v) is 4.58. The summed E-state index contributed by atoms with van der Waals surface area (Å²) in [6.07, 6.45) is 8.99. The fourth-order valence-corrected chi connectivity index (χ4v) is 3.42. The lowest BCUT2D eigenvalue weighted by atomic mass is 10.0. The Balaban J connectivity index is 1.54. The van der Waals surface area contributed by atoms with Crippen LogP contribution in [0.1, 0.15) is 45.4 Å². The molecule has 2 nitrogen and oxygen atoms in total. The van der Waals surface area contributed by atoms with E-state index in [1.54, 1.807) is 0 Å². The Morgan fingerprint density at radius 1 is 1.29 bits per heavy atom. The minimum atomic E-state index is 0.439. The Hall–Kier alpha value is -0.0800. The van der Waals surface area contributed by atoms with Crippen LogP contribution >= 0.6 is 0 Å². The zero-order valence-corrected chi connectivity index (χ0v) is 9.09. The standard InChI is InChI=1S/C12H21NO/c1-9-10(4-7-14-9)13-11-8-12(11)5-2-3-6-12/h9-11,13H,2-8H2,1H3. The van der Waals surface area contributed by atoms with Gasteiger partial charge in [-0.2, -0.15) is 0 Å². The van der Waals surface area contributed by atoms with E-state index >= 15 is 0 Å². The molecule has 3 aliphatic rings. The topological polar surface area (TPSA) is 21.3 Å². The van der Waals surface area contributed by atoms with Crippen LogP contribution in [0.3, 0.4) is 0 Å². The van der Waals surface area contributed by atoms with Gasteiger partial charge >= 0.3 is 0 Å². The second-order valence-electron chi connectivity index (χ2n) is 5.46. The molecule has 2 aliphatic carbocycles. The smallest absolute Gasteiger partial charge is 0.0700 e. The van der Waals surface area contributed by atoms with Crippen molar-refractivity contribution in [3.63, 3.8) is 0 Å². The van der Waals surface area contributed by atoms with Gasteiger partial charge in [-0.05, 0) is 38.0 Å². The van der Waals surface area contributed by atoms with Crippen molar-refractivity contribution in [2.45, 2.75) is 63.6 Å². The van der Waals surface area contributed by atoms with Gasteiger partial charge in [-0.25, -0.2) is 0 Å². The molecule has 14 heavy (non-hydrogen) atoms. The van der Waals surface area contributed by atoms with E-state index in [1.807, 2.05) is 0 Å². The van der Waals surface area contributed by atoms with Crippen molar-refractivity contribution in [2.24, 2.45) is 5.41 Å². The molecule has 1 saturated heterocycles. The largest absolute Gasteiger partial charge is 0.377 e. The molecule has 80 valence electrons. The number of nitrogens with one attached hydrogen (secondary N) is 1. The zero-order valence-electron chi connectivity index (χ0n) is 9.09. The third kappa shape index (κ3) is 1.40. The van der Waals surface area contributed by atoms with Gasteiger partial charge in [-0.1, -0.05) is 12.8 Å². The molecule has 2 saturated carbocycles. The maximum Gasteiger partial charge on any atom is 0.0700 e. The van der Waals surface area contributed by atoms with Crippen LogP contribution in [0, 0.1) is 5.41 Å². The SMILES string of the molecule is CC1OCCC1NC1CC12CCCC2. The maximum absolute atomic E-state index is 5.58. The first kappa shape index (κ1) is 9.17. The van der Waals surface area contributed by atoms with Crippen LogP contribution in [0.2, 0.25) is 0 Å². The summed E-state index contributed by atoms with van der Waals surface area (Å²) in [6.45, 7) is 3.16. The highest BCUT2D eigenvalue weighted by atomic mass is 16.5. The molecule has 0 radical (unpaired) electrons. The van der Waals surface area contributed by atoms with E-state index in [1.165, 1.54) is 38.5 Å².